The first-order valence-electron chi connectivity index (χ1n) is 31.2. The van der Waals surface area contributed by atoms with Crippen LogP contribution in [0.4, 0.5) is 0 Å². The van der Waals surface area contributed by atoms with Gasteiger partial charge in [-0.05, 0) is 125 Å². The molecule has 403 valence electrons. The normalized spacial score (nSPS) is 14.0. The Labute approximate surface area is 486 Å². The van der Waals surface area contributed by atoms with E-state index in [0.717, 1.165) is 59.0 Å². The first-order valence-corrected chi connectivity index (χ1v) is 26.7. The number of nitrogens with zero attached hydrogens (tertiary/aromatic N) is 3. The number of hydrogen-bond acceptors (Lipinski definition) is 5. The minimum absolute atomic E-state index is 0. The van der Waals surface area contributed by atoms with Crippen LogP contribution in [0.3, 0.4) is 0 Å². The number of furan rings is 1. The summed E-state index contributed by atoms with van der Waals surface area (Å²) in [6.45, 7) is 16.6. The average Bonchev–Trinajstić information content (AvgIpc) is 1.21. The molecule has 0 saturated carbocycles. The monoisotopic (exact) mass is 1210 g/mol. The van der Waals surface area contributed by atoms with E-state index >= 15 is 0 Å². The molecule has 3 heterocycles. The van der Waals surface area contributed by atoms with E-state index in [2.05, 4.69) is 84.8 Å². The van der Waals surface area contributed by atoms with Crippen molar-refractivity contribution in [3.63, 3.8) is 0 Å². The molecular formula is C70H79IrN3O3-2. The number of ketones is 1. The number of allylic oxidation sites excluding steroid dienone is 2. The molecule has 1 N–H and O–H groups in total. The largest absolute Gasteiger partial charge is 0.512 e. The average molecular weight is 1210 g/mol. The number of rotatable bonds is 15. The van der Waals surface area contributed by atoms with Crippen molar-refractivity contribution in [2.75, 3.05) is 0 Å². The van der Waals surface area contributed by atoms with Crippen LogP contribution in [0, 0.1) is 43.1 Å². The van der Waals surface area contributed by atoms with E-state index in [-0.39, 0.29) is 83.0 Å². The molecular weight excluding hydrogens is 1120 g/mol. The Bertz CT molecular complexity index is 3750. The maximum absolute atomic E-state index is 11.7. The van der Waals surface area contributed by atoms with Crippen LogP contribution in [-0.4, -0.2) is 25.4 Å². The van der Waals surface area contributed by atoms with Gasteiger partial charge < -0.3 is 19.1 Å². The van der Waals surface area contributed by atoms with E-state index < -0.39 is 25.5 Å². The number of aryl methyl sites for hydroxylation is 2. The zero-order chi connectivity index (χ0) is 62.3. The molecule has 0 bridgehead atoms. The fourth-order valence-corrected chi connectivity index (χ4v) is 9.55. The van der Waals surface area contributed by atoms with E-state index in [1.807, 2.05) is 107 Å². The zero-order valence-corrected chi connectivity index (χ0v) is 48.8. The van der Waals surface area contributed by atoms with Crippen molar-refractivity contribution in [1.29, 1.82) is 0 Å². The molecule has 6 aromatic carbocycles. The number of aromatic nitrogens is 3. The number of carbonyl (C=O) groups is 1. The quantitative estimate of drug-likeness (QED) is 0.0628. The van der Waals surface area contributed by atoms with Gasteiger partial charge in [-0.15, -0.1) is 54.1 Å². The molecule has 3 aromatic heterocycles. The molecule has 77 heavy (non-hydrogen) atoms. The predicted molar refractivity (Wildman–Crippen MR) is 319 cm³/mol. The van der Waals surface area contributed by atoms with Crippen LogP contribution >= 0.6 is 0 Å². The molecule has 0 unspecified atom stereocenters. The van der Waals surface area contributed by atoms with Crippen LogP contribution in [0.1, 0.15) is 154 Å². The van der Waals surface area contributed by atoms with Gasteiger partial charge in [0.1, 0.15) is 5.58 Å². The van der Waals surface area contributed by atoms with Gasteiger partial charge in [0.2, 0.25) is 0 Å². The molecule has 0 atom stereocenters. The Hall–Kier alpha value is -6.66. The van der Waals surface area contributed by atoms with Gasteiger partial charge in [0.05, 0.1) is 18.5 Å². The second kappa shape index (κ2) is 27.1. The van der Waals surface area contributed by atoms with Gasteiger partial charge in [0.25, 0.3) is 0 Å². The van der Waals surface area contributed by atoms with Gasteiger partial charge in [-0.2, -0.15) is 0 Å². The molecule has 9 rings (SSSR count). The fourth-order valence-electron chi connectivity index (χ4n) is 9.55. The van der Waals surface area contributed by atoms with Crippen LogP contribution in [0.15, 0.2) is 162 Å². The Balaban J connectivity index is 0.000000251. The van der Waals surface area contributed by atoms with Crippen molar-refractivity contribution in [2.45, 2.75) is 134 Å². The minimum Gasteiger partial charge on any atom is -0.512 e. The third kappa shape index (κ3) is 14.5. The van der Waals surface area contributed by atoms with Gasteiger partial charge in [-0.25, -0.2) is 0 Å². The first kappa shape index (κ1) is 47.5. The van der Waals surface area contributed by atoms with E-state index in [1.54, 1.807) is 26.8 Å². The van der Waals surface area contributed by atoms with Crippen molar-refractivity contribution in [3.05, 3.63) is 198 Å². The number of para-hydroxylation sites is 1. The zero-order valence-electron chi connectivity index (χ0n) is 55.4. The smallest absolute Gasteiger partial charge is 0.162 e. The SMILES string of the molecule is CC(C)c1cccc(C(C)C)c1-n1ccnc1-c1[c-]cccc1.CCC(CC)C(=O)/C=C(\O)C(CC)CC.[2H]c1cc(C([2H])([2H])C(C)(C)C)cc(C([2H])([2H])[2H])c1-c1cc(-c2[c-]ccc3c2oc2cc(-c4ccccc4)ccc23)ncc1C([2H])([2H])[2H].[Ir]. The Morgan fingerprint density at radius 3 is 2.06 bits per heavy atom. The van der Waals surface area contributed by atoms with Gasteiger partial charge in [-0.1, -0.05) is 172 Å². The van der Waals surface area contributed by atoms with Crippen molar-refractivity contribution >= 4 is 27.7 Å². The van der Waals surface area contributed by atoms with Crippen LogP contribution in [0.2, 0.25) is 0 Å². The summed E-state index contributed by atoms with van der Waals surface area (Å²) in [5.74, 6) is 2.41. The number of hydrogen-bond donors (Lipinski definition) is 1. The molecule has 0 amide bonds. The third-order valence-electron chi connectivity index (χ3n) is 13.7. The van der Waals surface area contributed by atoms with E-state index in [4.69, 9.17) is 16.8 Å². The number of benzene rings is 6. The molecule has 0 aliphatic heterocycles. The fraction of sp³-hybridized carbons (Fsp3) is 0.329. The molecule has 0 spiro atoms. The van der Waals surface area contributed by atoms with Crippen LogP contribution in [-0.2, 0) is 31.3 Å². The molecule has 0 aliphatic rings. The Kier molecular flexibility index (Phi) is 16.7. The summed E-state index contributed by atoms with van der Waals surface area (Å²) in [4.78, 5) is 20.8. The van der Waals surface area contributed by atoms with Crippen LogP contribution in [0.25, 0.3) is 72.5 Å². The maximum atomic E-state index is 11.7. The summed E-state index contributed by atoms with van der Waals surface area (Å²) < 4.78 is 84.9. The van der Waals surface area contributed by atoms with Crippen LogP contribution in [0.5, 0.6) is 0 Å². The number of aliphatic hydroxyl groups is 1. The van der Waals surface area contributed by atoms with Gasteiger partial charge in [0.15, 0.2) is 5.78 Å². The van der Waals surface area contributed by atoms with E-state index in [9.17, 15) is 9.90 Å². The number of imidazole rings is 1. The number of carbonyl (C=O) groups excluding carboxylic acids is 1. The Morgan fingerprint density at radius 1 is 0.753 bits per heavy atom. The molecule has 9 aromatic rings. The minimum atomic E-state index is -2.79. The number of pyridine rings is 1. The topological polar surface area (TPSA) is 81.2 Å². The van der Waals surface area contributed by atoms with Crippen molar-refractivity contribution in [2.24, 2.45) is 17.3 Å². The summed E-state index contributed by atoms with van der Waals surface area (Å²) in [7, 11) is 0. The summed E-state index contributed by atoms with van der Waals surface area (Å²) >= 11 is 0. The third-order valence-corrected chi connectivity index (χ3v) is 13.7. The summed E-state index contributed by atoms with van der Waals surface area (Å²) in [6, 6.07) is 44.3. The second-order valence-electron chi connectivity index (χ2n) is 20.9. The van der Waals surface area contributed by atoms with Crippen molar-refractivity contribution in [1.82, 2.24) is 14.5 Å². The molecule has 0 fully saturated rings. The Morgan fingerprint density at radius 2 is 1.44 bits per heavy atom. The standard InChI is InChI=1S/C36H32NO.C21H23N2.C13H24O2.Ir/c1-23-18-25(21-36(3,4)5)14-16-28(23)32-20-33(37-22-24(32)2)31-13-9-12-30-29-17-15-27(19-34(29)38-35(30)31)26-10-7-6-8-11-26;1-15(2)18-11-8-12-19(16(3)4)20(18)23-14-13-22-21(23)17-9-6-5-7-10-17;1-5-10(6-2)12(14)9-13(15)11(7-3)8-4;/h6-12,14-20,22H,21H2,1-5H3;5-9,11-16H,1-4H3;9-11,14H,5-8H2,1-4H3;/q2*-1;;/b;;12-9-;/i1D3,2D3,16D,21D2;;;. The maximum Gasteiger partial charge on any atom is 0.162 e. The van der Waals surface area contributed by atoms with Gasteiger partial charge >= 0.3 is 0 Å². The van der Waals surface area contributed by atoms with Crippen molar-refractivity contribution < 1.29 is 46.8 Å². The molecule has 6 nitrogen and oxygen atoms in total. The predicted octanol–water partition coefficient (Wildman–Crippen LogP) is 19.4. The summed E-state index contributed by atoms with van der Waals surface area (Å²) in [5.41, 5.74) is 7.32. The summed E-state index contributed by atoms with van der Waals surface area (Å²) in [5, 5.41) is 11.4. The van der Waals surface area contributed by atoms with Gasteiger partial charge in [-0.3, -0.25) is 9.78 Å². The first-order chi connectivity index (χ1) is 40.1. The van der Waals surface area contributed by atoms with Crippen molar-refractivity contribution in [3.8, 4) is 50.6 Å². The molecule has 1 radical (unpaired) electrons. The number of fused-ring (bicyclic) bond motifs is 3. The second-order valence-corrected chi connectivity index (χ2v) is 20.9. The van der Waals surface area contributed by atoms with Gasteiger partial charge in [0, 0.05) is 78.6 Å². The number of aliphatic hydroxyl groups excluding tert-OH is 1. The molecule has 7 heteroatoms. The summed E-state index contributed by atoms with van der Waals surface area (Å²) in [6.07, 6.45) is 8.04. The van der Waals surface area contributed by atoms with Crippen LogP contribution < -0.4 is 0 Å². The molecule has 0 saturated heterocycles. The molecule has 0 aliphatic carbocycles. The van der Waals surface area contributed by atoms with E-state index in [1.165, 1.54) is 47.3 Å². The van der Waals surface area contributed by atoms with E-state index in [0.29, 0.717) is 28.6 Å².